The molecule has 1 spiro atoms. The number of rotatable bonds is 2. The molecule has 0 aromatic heterocycles. The second-order valence-electron chi connectivity index (χ2n) is 6.48. The number of hydrogen-bond donors (Lipinski definition) is 1. The van der Waals surface area contributed by atoms with E-state index in [1.165, 1.54) is 25.7 Å². The van der Waals surface area contributed by atoms with Gasteiger partial charge in [-0.15, -0.1) is 0 Å². The summed E-state index contributed by atoms with van der Waals surface area (Å²) in [7, 11) is 0. The molecule has 19 heavy (non-hydrogen) atoms. The first-order valence-corrected chi connectivity index (χ1v) is 7.90. The molecular formula is C15H26N2O2. The van der Waals surface area contributed by atoms with Crippen LogP contribution >= 0.6 is 0 Å². The minimum Gasteiger partial charge on any atom is -0.370 e. The normalized spacial score (nSPS) is 32.9. The number of nitrogens with zero attached hydrogens (tertiary/aromatic N) is 1. The third-order valence-corrected chi connectivity index (χ3v) is 4.97. The Labute approximate surface area is 115 Å². The summed E-state index contributed by atoms with van der Waals surface area (Å²) in [5.41, 5.74) is -0.0954. The smallest absolute Gasteiger partial charge is 0.223 e. The van der Waals surface area contributed by atoms with Gasteiger partial charge in [-0.3, -0.25) is 4.79 Å². The summed E-state index contributed by atoms with van der Waals surface area (Å²) in [6, 6.07) is 0. The van der Waals surface area contributed by atoms with Crippen LogP contribution in [0.15, 0.2) is 0 Å². The van der Waals surface area contributed by atoms with E-state index in [9.17, 15) is 4.79 Å². The quantitative estimate of drug-likeness (QED) is 0.824. The van der Waals surface area contributed by atoms with Crippen LogP contribution in [0.25, 0.3) is 0 Å². The summed E-state index contributed by atoms with van der Waals surface area (Å²) < 4.78 is 6.00. The van der Waals surface area contributed by atoms with Gasteiger partial charge in [-0.1, -0.05) is 12.8 Å². The van der Waals surface area contributed by atoms with Crippen LogP contribution in [0.1, 0.15) is 44.9 Å². The van der Waals surface area contributed by atoms with Crippen molar-refractivity contribution in [2.75, 3.05) is 32.8 Å². The van der Waals surface area contributed by atoms with Gasteiger partial charge in [-0.05, 0) is 38.1 Å². The molecule has 2 aliphatic heterocycles. The highest BCUT2D eigenvalue weighted by atomic mass is 16.5. The Kier molecular flexibility index (Phi) is 4.08. The van der Waals surface area contributed by atoms with Crippen molar-refractivity contribution < 1.29 is 9.53 Å². The summed E-state index contributed by atoms with van der Waals surface area (Å²) in [5, 5.41) is 3.41. The number of ether oxygens (including phenoxy) is 1. The molecule has 2 heterocycles. The van der Waals surface area contributed by atoms with Crippen molar-refractivity contribution in [3.63, 3.8) is 0 Å². The van der Waals surface area contributed by atoms with Crippen molar-refractivity contribution >= 4 is 5.91 Å². The van der Waals surface area contributed by atoms with Crippen molar-refractivity contribution in [1.82, 2.24) is 10.2 Å². The fourth-order valence-electron chi connectivity index (χ4n) is 3.85. The second kappa shape index (κ2) is 5.80. The number of piperidine rings is 1. The number of carbonyl (C=O) groups is 1. The van der Waals surface area contributed by atoms with E-state index in [-0.39, 0.29) is 5.60 Å². The first-order valence-electron chi connectivity index (χ1n) is 7.90. The molecule has 0 radical (unpaired) electrons. The summed E-state index contributed by atoms with van der Waals surface area (Å²) in [6.45, 7) is 4.28. The number of morpholine rings is 1. The zero-order chi connectivity index (χ0) is 13.1. The fourth-order valence-corrected chi connectivity index (χ4v) is 3.85. The monoisotopic (exact) mass is 266 g/mol. The molecule has 3 fully saturated rings. The molecule has 3 rings (SSSR count). The lowest BCUT2D eigenvalue weighted by Gasteiger charge is -2.45. The Morgan fingerprint density at radius 2 is 2.16 bits per heavy atom. The van der Waals surface area contributed by atoms with E-state index in [4.69, 9.17) is 4.74 Å². The maximum absolute atomic E-state index is 12.4. The molecule has 108 valence electrons. The summed E-state index contributed by atoms with van der Waals surface area (Å²) >= 11 is 0. The zero-order valence-corrected chi connectivity index (χ0v) is 11.8. The van der Waals surface area contributed by atoms with E-state index in [0.29, 0.717) is 18.4 Å². The van der Waals surface area contributed by atoms with E-state index in [1.54, 1.807) is 0 Å². The van der Waals surface area contributed by atoms with Crippen LogP contribution in [-0.2, 0) is 9.53 Å². The van der Waals surface area contributed by atoms with Crippen LogP contribution in [-0.4, -0.2) is 49.2 Å². The average molecular weight is 266 g/mol. The van der Waals surface area contributed by atoms with Crippen LogP contribution in [0.4, 0.5) is 0 Å². The van der Waals surface area contributed by atoms with Gasteiger partial charge >= 0.3 is 0 Å². The maximum Gasteiger partial charge on any atom is 0.223 e. The minimum atomic E-state index is -0.0954. The van der Waals surface area contributed by atoms with E-state index >= 15 is 0 Å². The van der Waals surface area contributed by atoms with Crippen LogP contribution in [0.3, 0.4) is 0 Å². The molecule has 4 heteroatoms. The topological polar surface area (TPSA) is 41.6 Å². The summed E-state index contributed by atoms with van der Waals surface area (Å²) in [4.78, 5) is 14.5. The standard InChI is InChI=1S/C15H26N2O2/c18-14(10-13-4-1-2-5-13)17-8-9-19-15(12-17)6-3-7-16-11-15/h13,16H,1-12H2. The molecule has 0 aromatic carbocycles. The third-order valence-electron chi connectivity index (χ3n) is 4.97. The Balaban J connectivity index is 1.56. The lowest BCUT2D eigenvalue weighted by Crippen LogP contribution is -2.60. The predicted molar refractivity (Wildman–Crippen MR) is 73.9 cm³/mol. The molecule has 1 amide bonds. The largest absolute Gasteiger partial charge is 0.370 e. The second-order valence-corrected chi connectivity index (χ2v) is 6.48. The van der Waals surface area contributed by atoms with Gasteiger partial charge in [0.2, 0.25) is 5.91 Å². The summed E-state index contributed by atoms with van der Waals surface area (Å²) in [5.74, 6) is 1.01. The van der Waals surface area contributed by atoms with Crippen molar-refractivity contribution in [1.29, 1.82) is 0 Å². The zero-order valence-electron chi connectivity index (χ0n) is 11.8. The first-order chi connectivity index (χ1) is 9.27. The van der Waals surface area contributed by atoms with Gasteiger partial charge in [0, 0.05) is 19.5 Å². The van der Waals surface area contributed by atoms with Gasteiger partial charge < -0.3 is 15.0 Å². The number of nitrogens with one attached hydrogen (secondary N) is 1. The lowest BCUT2D eigenvalue weighted by atomic mass is 9.91. The van der Waals surface area contributed by atoms with Crippen molar-refractivity contribution in [2.24, 2.45) is 5.92 Å². The molecule has 1 saturated carbocycles. The highest BCUT2D eigenvalue weighted by molar-refractivity contribution is 5.76. The van der Waals surface area contributed by atoms with Gasteiger partial charge in [-0.25, -0.2) is 0 Å². The van der Waals surface area contributed by atoms with Gasteiger partial charge in [-0.2, -0.15) is 0 Å². The highest BCUT2D eigenvalue weighted by Crippen LogP contribution is 2.30. The Morgan fingerprint density at radius 1 is 1.32 bits per heavy atom. The molecule has 2 saturated heterocycles. The van der Waals surface area contributed by atoms with Gasteiger partial charge in [0.1, 0.15) is 0 Å². The van der Waals surface area contributed by atoms with Gasteiger partial charge in [0.05, 0.1) is 18.8 Å². The molecule has 1 atom stereocenters. The average Bonchev–Trinajstić information content (AvgIpc) is 2.92. The molecule has 1 aliphatic carbocycles. The van der Waals surface area contributed by atoms with Crippen LogP contribution in [0.2, 0.25) is 0 Å². The van der Waals surface area contributed by atoms with Crippen molar-refractivity contribution in [3.05, 3.63) is 0 Å². The number of amides is 1. The summed E-state index contributed by atoms with van der Waals surface area (Å²) in [6.07, 6.45) is 8.15. The molecule has 0 aromatic rings. The number of carbonyl (C=O) groups excluding carboxylic acids is 1. The van der Waals surface area contributed by atoms with E-state index < -0.39 is 0 Å². The SMILES string of the molecule is O=C(CC1CCCC1)N1CCOC2(CCCNC2)C1. The fraction of sp³-hybridized carbons (Fsp3) is 0.933. The third kappa shape index (κ3) is 3.11. The van der Waals surface area contributed by atoms with Crippen LogP contribution in [0, 0.1) is 5.92 Å². The van der Waals surface area contributed by atoms with Crippen molar-refractivity contribution in [2.45, 2.75) is 50.5 Å². The molecule has 4 nitrogen and oxygen atoms in total. The number of hydrogen-bond acceptors (Lipinski definition) is 3. The Hall–Kier alpha value is -0.610. The predicted octanol–water partition coefficient (Wildman–Crippen LogP) is 1.55. The molecule has 1 N–H and O–H groups in total. The van der Waals surface area contributed by atoms with Crippen LogP contribution < -0.4 is 5.32 Å². The van der Waals surface area contributed by atoms with Crippen molar-refractivity contribution in [3.8, 4) is 0 Å². The van der Waals surface area contributed by atoms with E-state index in [0.717, 1.165) is 45.4 Å². The maximum atomic E-state index is 12.4. The van der Waals surface area contributed by atoms with E-state index in [1.807, 2.05) is 0 Å². The Bertz CT molecular complexity index is 315. The molecule has 3 aliphatic rings. The molecule has 1 unspecified atom stereocenters. The highest BCUT2D eigenvalue weighted by Gasteiger charge is 2.39. The van der Waals surface area contributed by atoms with Gasteiger partial charge in [0.15, 0.2) is 0 Å². The minimum absolute atomic E-state index is 0.0954. The molecule has 0 bridgehead atoms. The van der Waals surface area contributed by atoms with Crippen LogP contribution in [0.5, 0.6) is 0 Å². The first kappa shape index (κ1) is 13.4. The lowest BCUT2D eigenvalue weighted by molar-refractivity contribution is -0.154. The molecular weight excluding hydrogens is 240 g/mol. The van der Waals surface area contributed by atoms with E-state index in [2.05, 4.69) is 10.2 Å². The van der Waals surface area contributed by atoms with Gasteiger partial charge in [0.25, 0.3) is 0 Å². The Morgan fingerprint density at radius 3 is 2.89 bits per heavy atom.